The number of benzene rings is 2. The van der Waals surface area contributed by atoms with E-state index in [0.717, 1.165) is 11.1 Å². The Morgan fingerprint density at radius 3 is 2.35 bits per heavy atom. The van der Waals surface area contributed by atoms with Crippen molar-refractivity contribution < 1.29 is 0 Å². The molecule has 2 aromatic carbocycles. The fraction of sp³-hybridized carbons (Fsp3) is 0.0625. The third-order valence-corrected chi connectivity index (χ3v) is 3.54. The van der Waals surface area contributed by atoms with Crippen LogP contribution in [0, 0.1) is 0 Å². The Morgan fingerprint density at radius 1 is 0.913 bits per heavy atom. The Balaban J connectivity index is 1.78. The minimum Gasteiger partial charge on any atom is -0.261 e. The first-order valence-electron chi connectivity index (χ1n) is 7.17. The molecule has 7 heteroatoms. The van der Waals surface area contributed by atoms with Gasteiger partial charge in [0, 0.05) is 5.56 Å². The summed E-state index contributed by atoms with van der Waals surface area (Å²) in [5.41, 5.74) is 1.98. The second kappa shape index (κ2) is 5.80. The Hall–Kier alpha value is -3.35. The minimum atomic E-state index is -0.254. The highest BCUT2D eigenvalue weighted by molar-refractivity contribution is 5.54. The molecule has 4 aromatic rings. The minimum absolute atomic E-state index is 0.254. The summed E-state index contributed by atoms with van der Waals surface area (Å²) in [7, 11) is 0. The molecule has 0 aliphatic carbocycles. The highest BCUT2D eigenvalue weighted by Crippen LogP contribution is 2.24. The maximum absolute atomic E-state index is 4.63. The van der Waals surface area contributed by atoms with Gasteiger partial charge in [0.1, 0.15) is 12.4 Å². The fourth-order valence-corrected chi connectivity index (χ4v) is 2.47. The first kappa shape index (κ1) is 13.3. The van der Waals surface area contributed by atoms with Crippen molar-refractivity contribution in [2.24, 2.45) is 0 Å². The number of hydrogen-bond acceptors (Lipinski definition) is 5. The lowest BCUT2D eigenvalue weighted by atomic mass is 10.1. The number of aromatic amines is 1. The molecule has 23 heavy (non-hydrogen) atoms. The highest BCUT2D eigenvalue weighted by atomic mass is 15.5. The molecule has 0 fully saturated rings. The molecular formula is C16H13N7. The number of nitrogens with zero attached hydrogens (tertiary/aromatic N) is 6. The van der Waals surface area contributed by atoms with Gasteiger partial charge in [-0.3, -0.25) is 5.10 Å². The molecule has 0 amide bonds. The van der Waals surface area contributed by atoms with Gasteiger partial charge in [0.05, 0.1) is 0 Å². The van der Waals surface area contributed by atoms with Gasteiger partial charge in [-0.05, 0) is 16.0 Å². The Morgan fingerprint density at radius 2 is 1.65 bits per heavy atom. The molecule has 0 aliphatic rings. The zero-order chi connectivity index (χ0) is 15.5. The van der Waals surface area contributed by atoms with Crippen molar-refractivity contribution in [3.63, 3.8) is 0 Å². The first-order valence-corrected chi connectivity index (χ1v) is 7.17. The van der Waals surface area contributed by atoms with E-state index in [4.69, 9.17) is 0 Å². The van der Waals surface area contributed by atoms with Crippen LogP contribution in [0.1, 0.15) is 17.4 Å². The van der Waals surface area contributed by atoms with E-state index in [1.54, 1.807) is 11.0 Å². The predicted octanol–water partition coefficient (Wildman–Crippen LogP) is 2.10. The van der Waals surface area contributed by atoms with Crippen molar-refractivity contribution >= 4 is 0 Å². The number of nitrogens with one attached hydrogen (secondary N) is 1. The van der Waals surface area contributed by atoms with Gasteiger partial charge in [-0.1, -0.05) is 60.7 Å². The second-order valence-electron chi connectivity index (χ2n) is 5.01. The molecule has 2 heterocycles. The summed E-state index contributed by atoms with van der Waals surface area (Å²) >= 11 is 0. The van der Waals surface area contributed by atoms with Crippen LogP contribution in [0.5, 0.6) is 0 Å². The molecule has 112 valence electrons. The Labute approximate surface area is 132 Å². The molecule has 0 saturated carbocycles. The van der Waals surface area contributed by atoms with Crippen LogP contribution in [-0.4, -0.2) is 35.4 Å². The van der Waals surface area contributed by atoms with Gasteiger partial charge in [-0.2, -0.15) is 5.10 Å². The van der Waals surface area contributed by atoms with Gasteiger partial charge in [-0.25, -0.2) is 9.67 Å². The largest absolute Gasteiger partial charge is 0.261 e. The SMILES string of the molecule is c1ccc(-c2n[nH]c(C(c3ccccc3)n3cnnn3)n2)cc1. The van der Waals surface area contributed by atoms with E-state index in [1.165, 1.54) is 0 Å². The maximum Gasteiger partial charge on any atom is 0.181 e. The van der Waals surface area contributed by atoms with Gasteiger partial charge in [0.25, 0.3) is 0 Å². The Bertz CT molecular complexity index is 869. The molecule has 1 atom stereocenters. The molecular weight excluding hydrogens is 290 g/mol. The van der Waals surface area contributed by atoms with Crippen molar-refractivity contribution in [3.8, 4) is 11.4 Å². The maximum atomic E-state index is 4.63. The van der Waals surface area contributed by atoms with Crippen molar-refractivity contribution in [3.05, 3.63) is 78.4 Å². The zero-order valence-electron chi connectivity index (χ0n) is 12.1. The van der Waals surface area contributed by atoms with Gasteiger partial charge < -0.3 is 0 Å². The molecule has 4 rings (SSSR count). The van der Waals surface area contributed by atoms with E-state index in [0.29, 0.717) is 11.6 Å². The molecule has 2 aromatic heterocycles. The molecule has 1 unspecified atom stereocenters. The van der Waals surface area contributed by atoms with Crippen molar-refractivity contribution in [1.29, 1.82) is 0 Å². The number of H-pyrrole nitrogens is 1. The lowest BCUT2D eigenvalue weighted by Gasteiger charge is -2.13. The second-order valence-corrected chi connectivity index (χ2v) is 5.01. The topological polar surface area (TPSA) is 85.2 Å². The van der Waals surface area contributed by atoms with Crippen molar-refractivity contribution in [2.45, 2.75) is 6.04 Å². The summed E-state index contributed by atoms with van der Waals surface area (Å²) in [5.74, 6) is 1.33. The third kappa shape index (κ3) is 2.59. The molecule has 0 spiro atoms. The van der Waals surface area contributed by atoms with Crippen LogP contribution >= 0.6 is 0 Å². The number of tetrazole rings is 1. The summed E-state index contributed by atoms with van der Waals surface area (Å²) in [6, 6.07) is 19.5. The standard InChI is InChI=1S/C16H13N7/c1-3-7-12(8-4-1)14(23-11-17-21-22-23)16-18-15(19-20-16)13-9-5-2-6-10-13/h1-11,14H,(H,18,19,20). The quantitative estimate of drug-likeness (QED) is 0.624. The lowest BCUT2D eigenvalue weighted by Crippen LogP contribution is -2.14. The van der Waals surface area contributed by atoms with Crippen LogP contribution in [0.3, 0.4) is 0 Å². The van der Waals surface area contributed by atoms with Crippen LogP contribution in [-0.2, 0) is 0 Å². The van der Waals surface area contributed by atoms with Crippen LogP contribution in [0.25, 0.3) is 11.4 Å². The molecule has 0 bridgehead atoms. The van der Waals surface area contributed by atoms with E-state index in [9.17, 15) is 0 Å². The predicted molar refractivity (Wildman–Crippen MR) is 83.3 cm³/mol. The average Bonchev–Trinajstić information content (AvgIpc) is 3.30. The molecule has 0 radical (unpaired) electrons. The highest BCUT2D eigenvalue weighted by Gasteiger charge is 2.21. The van der Waals surface area contributed by atoms with E-state index < -0.39 is 0 Å². The van der Waals surface area contributed by atoms with Crippen LogP contribution in [0.2, 0.25) is 0 Å². The molecule has 0 aliphatic heterocycles. The van der Waals surface area contributed by atoms with E-state index in [2.05, 4.69) is 30.7 Å². The average molecular weight is 303 g/mol. The van der Waals surface area contributed by atoms with Crippen LogP contribution in [0.4, 0.5) is 0 Å². The van der Waals surface area contributed by atoms with Gasteiger partial charge >= 0.3 is 0 Å². The Kier molecular flexibility index (Phi) is 3.36. The normalized spacial score (nSPS) is 12.2. The van der Waals surface area contributed by atoms with E-state index >= 15 is 0 Å². The summed E-state index contributed by atoms with van der Waals surface area (Å²) in [6.45, 7) is 0. The molecule has 1 N–H and O–H groups in total. The first-order chi connectivity index (χ1) is 11.4. The summed E-state index contributed by atoms with van der Waals surface area (Å²) < 4.78 is 1.66. The van der Waals surface area contributed by atoms with Crippen molar-refractivity contribution in [2.75, 3.05) is 0 Å². The van der Waals surface area contributed by atoms with Crippen LogP contribution < -0.4 is 0 Å². The number of rotatable bonds is 4. The van der Waals surface area contributed by atoms with Gasteiger partial charge in [-0.15, -0.1) is 5.10 Å². The molecule has 0 saturated heterocycles. The fourth-order valence-electron chi connectivity index (χ4n) is 2.47. The summed E-state index contributed by atoms with van der Waals surface area (Å²) in [6.07, 6.45) is 1.57. The smallest absolute Gasteiger partial charge is 0.181 e. The summed E-state index contributed by atoms with van der Waals surface area (Å²) in [5, 5.41) is 18.8. The van der Waals surface area contributed by atoms with Crippen molar-refractivity contribution in [1.82, 2.24) is 35.4 Å². The van der Waals surface area contributed by atoms with Gasteiger partial charge in [0.15, 0.2) is 11.6 Å². The lowest BCUT2D eigenvalue weighted by molar-refractivity contribution is 0.547. The number of hydrogen-bond donors (Lipinski definition) is 1. The van der Waals surface area contributed by atoms with E-state index in [1.807, 2.05) is 60.7 Å². The molecule has 7 nitrogen and oxygen atoms in total. The zero-order valence-corrected chi connectivity index (χ0v) is 12.1. The van der Waals surface area contributed by atoms with Crippen LogP contribution in [0.15, 0.2) is 67.0 Å². The number of aromatic nitrogens is 7. The van der Waals surface area contributed by atoms with E-state index in [-0.39, 0.29) is 6.04 Å². The monoisotopic (exact) mass is 303 g/mol. The third-order valence-electron chi connectivity index (χ3n) is 3.54. The summed E-state index contributed by atoms with van der Waals surface area (Å²) in [4.78, 5) is 4.63. The van der Waals surface area contributed by atoms with Gasteiger partial charge in [0.2, 0.25) is 0 Å².